The highest BCUT2D eigenvalue weighted by Gasteiger charge is 2.32. The molecule has 9 heteroatoms. The van der Waals surface area contributed by atoms with Crippen LogP contribution in [0.4, 0.5) is 5.69 Å². The highest BCUT2D eigenvalue weighted by molar-refractivity contribution is 5.84. The lowest BCUT2D eigenvalue weighted by Gasteiger charge is -2.19. The molecular weight excluding hydrogens is 536 g/mol. The van der Waals surface area contributed by atoms with Gasteiger partial charge < -0.3 is 15.2 Å². The average molecular weight is 587 g/mol. The Kier molecular flexibility index (Phi) is 16.0. The normalized spacial score (nSPS) is 18.4. The van der Waals surface area contributed by atoms with Crippen LogP contribution in [0.5, 0.6) is 0 Å². The lowest BCUT2D eigenvalue weighted by atomic mass is 9.89. The number of hydrogen-bond donors (Lipinski definition) is 2. The quantitative estimate of drug-likeness (QED) is 0.0577. The summed E-state index contributed by atoms with van der Waals surface area (Å²) in [6, 6.07) is 5.06. The number of hydrogen-bond acceptors (Lipinski definition) is 7. The number of unbranched alkanes of at least 4 members (excludes halogenated alkanes) is 5. The molecule has 0 bridgehead atoms. The Balaban J connectivity index is 1.70. The zero-order valence-corrected chi connectivity index (χ0v) is 25.6. The molecule has 1 aliphatic carbocycles. The first-order valence-electron chi connectivity index (χ1n) is 15.7. The fourth-order valence-corrected chi connectivity index (χ4v) is 5.43. The fraction of sp³-hybridized carbons (Fsp3) is 0.667. The zero-order valence-electron chi connectivity index (χ0n) is 25.6. The number of rotatable bonds is 20. The summed E-state index contributed by atoms with van der Waals surface area (Å²) < 4.78 is 5.40. The highest BCUT2D eigenvalue weighted by atomic mass is 16.6. The van der Waals surface area contributed by atoms with Crippen molar-refractivity contribution in [2.45, 2.75) is 123 Å². The molecule has 234 valence electrons. The smallest absolute Gasteiger partial charge is 0.328 e. The van der Waals surface area contributed by atoms with Gasteiger partial charge in [-0.3, -0.25) is 19.7 Å². The summed E-state index contributed by atoms with van der Waals surface area (Å²) in [5.74, 6) is 0.0170. The van der Waals surface area contributed by atoms with Gasteiger partial charge in [0.2, 0.25) is 5.91 Å². The van der Waals surface area contributed by atoms with Gasteiger partial charge in [0.05, 0.1) is 11.0 Å². The van der Waals surface area contributed by atoms with Gasteiger partial charge in [-0.15, -0.1) is 0 Å². The van der Waals surface area contributed by atoms with E-state index in [4.69, 9.17) is 4.74 Å². The highest BCUT2D eigenvalue weighted by Crippen LogP contribution is 2.34. The van der Waals surface area contributed by atoms with Crippen LogP contribution >= 0.6 is 0 Å². The predicted molar refractivity (Wildman–Crippen MR) is 162 cm³/mol. The standard InChI is InChI=1S/C33H50N2O7/c1-4-5-8-11-28(36)20-16-26-17-21-31(37)29(26)12-9-6-7-10-13-32(38)34-30(22-24(2)3)33(39)42-23-25-14-18-27(19-15-25)35(40)41/h14-16,18-20,24,26,28-30,36H,4-13,17,21-23H2,1-3H3,(H,34,38). The molecule has 4 atom stereocenters. The number of nitro benzene ring substituents is 1. The summed E-state index contributed by atoms with van der Waals surface area (Å²) in [5, 5.41) is 23.8. The molecule has 9 nitrogen and oxygen atoms in total. The molecule has 0 spiro atoms. The minimum Gasteiger partial charge on any atom is -0.459 e. The van der Waals surface area contributed by atoms with E-state index in [2.05, 4.69) is 18.3 Å². The van der Waals surface area contributed by atoms with Crippen molar-refractivity contribution in [3.63, 3.8) is 0 Å². The van der Waals surface area contributed by atoms with Crippen LogP contribution in [0.1, 0.15) is 110 Å². The van der Waals surface area contributed by atoms with Gasteiger partial charge in [0, 0.05) is 30.9 Å². The minimum absolute atomic E-state index is 0.0268. The Labute approximate surface area is 250 Å². The number of nitro groups is 1. The third-order valence-electron chi connectivity index (χ3n) is 7.86. The van der Waals surface area contributed by atoms with Crippen LogP contribution in [0.3, 0.4) is 0 Å². The Hall–Kier alpha value is -3.07. The summed E-state index contributed by atoms with van der Waals surface area (Å²) in [6.07, 6.45) is 14.0. The number of carbonyl (C=O) groups excluding carboxylic acids is 3. The van der Waals surface area contributed by atoms with E-state index in [1.807, 2.05) is 19.9 Å². The molecule has 2 rings (SSSR count). The molecule has 1 fully saturated rings. The van der Waals surface area contributed by atoms with Gasteiger partial charge in [-0.2, -0.15) is 0 Å². The van der Waals surface area contributed by atoms with Gasteiger partial charge in [0.15, 0.2) is 0 Å². The summed E-state index contributed by atoms with van der Waals surface area (Å²) in [4.78, 5) is 48.1. The molecule has 42 heavy (non-hydrogen) atoms. The molecule has 0 radical (unpaired) electrons. The van der Waals surface area contributed by atoms with Crippen LogP contribution in [0.2, 0.25) is 0 Å². The monoisotopic (exact) mass is 586 g/mol. The zero-order chi connectivity index (χ0) is 30.9. The molecule has 1 amide bonds. The average Bonchev–Trinajstić information content (AvgIpc) is 3.30. The lowest BCUT2D eigenvalue weighted by molar-refractivity contribution is -0.384. The Morgan fingerprint density at radius 2 is 1.83 bits per heavy atom. The number of benzene rings is 1. The molecule has 1 aromatic rings. The molecule has 1 saturated carbocycles. The third kappa shape index (κ3) is 13.3. The summed E-state index contributed by atoms with van der Waals surface area (Å²) in [5.41, 5.74) is 0.595. The molecule has 2 N–H and O–H groups in total. The SMILES string of the molecule is CCCCCC(O)C=CC1CCC(=O)C1CCCCCCC(=O)NC(CC(C)C)C(=O)OCc1ccc([N+](=O)[O-])cc1. The number of nitrogens with one attached hydrogen (secondary N) is 1. The number of amides is 1. The number of esters is 1. The predicted octanol–water partition coefficient (Wildman–Crippen LogP) is 6.60. The van der Waals surface area contributed by atoms with Gasteiger partial charge in [-0.25, -0.2) is 4.79 Å². The van der Waals surface area contributed by atoms with Crippen molar-refractivity contribution in [1.29, 1.82) is 0 Å². The van der Waals surface area contributed by atoms with E-state index < -0.39 is 23.0 Å². The first kappa shape index (κ1) is 35.1. The number of nitrogens with zero attached hydrogens (tertiary/aromatic N) is 1. The van der Waals surface area contributed by atoms with E-state index >= 15 is 0 Å². The van der Waals surface area contributed by atoms with Crippen molar-refractivity contribution in [1.82, 2.24) is 5.32 Å². The first-order valence-corrected chi connectivity index (χ1v) is 15.7. The van der Waals surface area contributed by atoms with Crippen molar-refractivity contribution >= 4 is 23.3 Å². The molecule has 0 aromatic heterocycles. The van der Waals surface area contributed by atoms with Crippen LogP contribution < -0.4 is 5.32 Å². The van der Waals surface area contributed by atoms with E-state index in [0.717, 1.165) is 57.8 Å². The first-order chi connectivity index (χ1) is 20.1. The minimum atomic E-state index is -0.751. The number of carbonyl (C=O) groups is 3. The number of aliphatic hydroxyl groups excluding tert-OH is 1. The van der Waals surface area contributed by atoms with Gasteiger partial charge in [0.1, 0.15) is 18.4 Å². The van der Waals surface area contributed by atoms with Crippen molar-refractivity contribution in [2.75, 3.05) is 0 Å². The summed E-state index contributed by atoms with van der Waals surface area (Å²) >= 11 is 0. The maximum absolute atomic E-state index is 12.7. The molecule has 0 aliphatic heterocycles. The van der Waals surface area contributed by atoms with Crippen LogP contribution in [0, 0.1) is 27.9 Å². The molecule has 4 unspecified atom stereocenters. The largest absolute Gasteiger partial charge is 0.459 e. The van der Waals surface area contributed by atoms with Gasteiger partial charge in [-0.1, -0.05) is 71.4 Å². The van der Waals surface area contributed by atoms with Gasteiger partial charge in [0.25, 0.3) is 5.69 Å². The Bertz CT molecular complexity index is 1020. The maximum Gasteiger partial charge on any atom is 0.328 e. The Morgan fingerprint density at radius 1 is 1.12 bits per heavy atom. The van der Waals surface area contributed by atoms with Crippen LogP contribution in [-0.2, 0) is 25.7 Å². The van der Waals surface area contributed by atoms with Gasteiger partial charge >= 0.3 is 5.97 Å². The maximum atomic E-state index is 12.7. The van der Waals surface area contributed by atoms with E-state index in [-0.39, 0.29) is 36.0 Å². The van der Waals surface area contributed by atoms with Gasteiger partial charge in [-0.05, 0) is 61.6 Å². The number of non-ortho nitro benzene ring substituents is 1. The topological polar surface area (TPSA) is 136 Å². The van der Waals surface area contributed by atoms with E-state index in [0.29, 0.717) is 37.0 Å². The van der Waals surface area contributed by atoms with E-state index in [1.165, 1.54) is 12.1 Å². The number of allylic oxidation sites excluding steroid dienone is 1. The van der Waals surface area contributed by atoms with Crippen LogP contribution in [-0.4, -0.2) is 39.8 Å². The Morgan fingerprint density at radius 3 is 2.50 bits per heavy atom. The second kappa shape index (κ2) is 19.2. The van der Waals surface area contributed by atoms with E-state index in [9.17, 15) is 29.6 Å². The second-order valence-electron chi connectivity index (χ2n) is 12.0. The number of ether oxygens (including phenoxy) is 1. The van der Waals surface area contributed by atoms with Crippen molar-refractivity contribution < 1.29 is 29.2 Å². The number of Topliss-reactive ketones (excluding diaryl/α,β-unsaturated/α-hetero) is 1. The summed E-state index contributed by atoms with van der Waals surface area (Å²) in [6.45, 7) is 6.05. The molecular formula is C33H50N2O7. The van der Waals surface area contributed by atoms with Crippen LogP contribution in [0.15, 0.2) is 36.4 Å². The molecule has 0 heterocycles. The van der Waals surface area contributed by atoms with Crippen molar-refractivity contribution in [2.24, 2.45) is 17.8 Å². The molecule has 1 aromatic carbocycles. The second-order valence-corrected chi connectivity index (χ2v) is 12.0. The number of aliphatic hydroxyl groups is 1. The molecule has 1 aliphatic rings. The van der Waals surface area contributed by atoms with Crippen LogP contribution in [0.25, 0.3) is 0 Å². The summed E-state index contributed by atoms with van der Waals surface area (Å²) in [7, 11) is 0. The van der Waals surface area contributed by atoms with Crippen molar-refractivity contribution in [3.8, 4) is 0 Å². The van der Waals surface area contributed by atoms with E-state index in [1.54, 1.807) is 12.1 Å². The fourth-order valence-electron chi connectivity index (χ4n) is 5.43. The molecule has 0 saturated heterocycles. The van der Waals surface area contributed by atoms with Crippen molar-refractivity contribution in [3.05, 3.63) is 52.1 Å². The number of ketones is 1. The third-order valence-corrected chi connectivity index (χ3v) is 7.86. The lowest BCUT2D eigenvalue weighted by Crippen LogP contribution is -2.42.